The number of allylic oxidation sites excluding steroid dienone is 1. The van der Waals surface area contributed by atoms with E-state index in [1.807, 2.05) is 14.1 Å². The first-order valence-electron chi connectivity index (χ1n) is 3.97. The van der Waals surface area contributed by atoms with Crippen LogP contribution in [-0.2, 0) is 4.79 Å². The number of nitrogens with two attached hydrogens (primary N) is 1. The molecule has 4 N–H and O–H groups in total. The predicted molar refractivity (Wildman–Crippen MR) is 52.4 cm³/mol. The molecule has 0 aliphatic heterocycles. The first kappa shape index (κ1) is 11.5. The molecule has 0 aromatic heterocycles. The molecule has 0 spiro atoms. The maximum Gasteiger partial charge on any atom is 0.185 e. The highest BCUT2D eigenvalue weighted by molar-refractivity contribution is 5.90. The van der Waals surface area contributed by atoms with E-state index in [-0.39, 0.29) is 11.7 Å². The van der Waals surface area contributed by atoms with Crippen molar-refractivity contribution >= 4 is 11.7 Å². The SMILES string of the molecule is CN(C)C=CC(=O)CCNC(=N)N. The molecule has 0 rings (SSSR count). The number of carbonyl (C=O) groups excluding carboxylic acids is 1. The molecule has 0 atom stereocenters. The van der Waals surface area contributed by atoms with Gasteiger partial charge < -0.3 is 16.0 Å². The lowest BCUT2D eigenvalue weighted by atomic mass is 10.3. The Balaban J connectivity index is 3.58. The molecule has 0 heterocycles. The Morgan fingerprint density at radius 2 is 2.23 bits per heavy atom. The van der Waals surface area contributed by atoms with E-state index in [0.29, 0.717) is 13.0 Å². The molecule has 0 saturated carbocycles. The van der Waals surface area contributed by atoms with E-state index >= 15 is 0 Å². The first-order valence-corrected chi connectivity index (χ1v) is 3.97. The fourth-order valence-corrected chi connectivity index (χ4v) is 0.636. The zero-order valence-electron chi connectivity index (χ0n) is 8.00. The lowest BCUT2D eigenvalue weighted by molar-refractivity contribution is -0.114. The van der Waals surface area contributed by atoms with Crippen LogP contribution in [0, 0.1) is 5.41 Å². The summed E-state index contributed by atoms with van der Waals surface area (Å²) in [4.78, 5) is 12.9. The largest absolute Gasteiger partial charge is 0.383 e. The van der Waals surface area contributed by atoms with E-state index in [4.69, 9.17) is 11.1 Å². The van der Waals surface area contributed by atoms with Gasteiger partial charge in [-0.25, -0.2) is 0 Å². The number of hydrogen-bond acceptors (Lipinski definition) is 3. The van der Waals surface area contributed by atoms with Crippen LogP contribution in [0.15, 0.2) is 12.3 Å². The molecule has 0 bridgehead atoms. The first-order chi connectivity index (χ1) is 6.02. The monoisotopic (exact) mass is 184 g/mol. The summed E-state index contributed by atoms with van der Waals surface area (Å²) >= 11 is 0. The summed E-state index contributed by atoms with van der Waals surface area (Å²) in [6.07, 6.45) is 3.54. The standard InChI is InChI=1S/C8H16N4O/c1-12(2)6-4-7(13)3-5-11-8(9)10/h4,6H,3,5H2,1-2H3,(H4,9,10,11). The third kappa shape index (κ3) is 8.39. The number of rotatable bonds is 5. The van der Waals surface area contributed by atoms with E-state index in [9.17, 15) is 4.79 Å². The third-order valence-corrected chi connectivity index (χ3v) is 1.25. The van der Waals surface area contributed by atoms with E-state index in [0.717, 1.165) is 0 Å². The van der Waals surface area contributed by atoms with E-state index < -0.39 is 0 Å². The minimum Gasteiger partial charge on any atom is -0.383 e. The average molecular weight is 184 g/mol. The highest BCUT2D eigenvalue weighted by atomic mass is 16.1. The molecule has 0 amide bonds. The van der Waals surface area contributed by atoms with E-state index in [2.05, 4.69) is 5.32 Å². The lowest BCUT2D eigenvalue weighted by Gasteiger charge is -2.03. The van der Waals surface area contributed by atoms with Crippen molar-refractivity contribution in [2.24, 2.45) is 5.73 Å². The number of ketones is 1. The van der Waals surface area contributed by atoms with Crippen molar-refractivity contribution in [3.05, 3.63) is 12.3 Å². The summed E-state index contributed by atoms with van der Waals surface area (Å²) in [5, 5.41) is 9.39. The van der Waals surface area contributed by atoms with Crippen LogP contribution < -0.4 is 11.1 Å². The van der Waals surface area contributed by atoms with Crippen LogP contribution in [0.1, 0.15) is 6.42 Å². The van der Waals surface area contributed by atoms with Gasteiger partial charge in [0.15, 0.2) is 11.7 Å². The van der Waals surface area contributed by atoms with Gasteiger partial charge in [0.2, 0.25) is 0 Å². The summed E-state index contributed by atoms with van der Waals surface area (Å²) in [7, 11) is 3.69. The van der Waals surface area contributed by atoms with Gasteiger partial charge in [-0.3, -0.25) is 10.2 Å². The van der Waals surface area contributed by atoms with Crippen molar-refractivity contribution in [1.29, 1.82) is 5.41 Å². The summed E-state index contributed by atoms with van der Waals surface area (Å²) < 4.78 is 0. The molecule has 13 heavy (non-hydrogen) atoms. The van der Waals surface area contributed by atoms with Gasteiger partial charge in [0.25, 0.3) is 0 Å². The lowest BCUT2D eigenvalue weighted by Crippen LogP contribution is -2.31. The molecule has 0 aliphatic carbocycles. The Morgan fingerprint density at radius 3 is 2.69 bits per heavy atom. The Kier molecular flexibility index (Phi) is 5.34. The summed E-state index contributed by atoms with van der Waals surface area (Å²) in [6, 6.07) is 0. The molecule has 0 unspecified atom stereocenters. The maximum atomic E-state index is 11.1. The smallest absolute Gasteiger partial charge is 0.185 e. The van der Waals surface area contributed by atoms with Crippen LogP contribution in [0.3, 0.4) is 0 Å². The van der Waals surface area contributed by atoms with Gasteiger partial charge in [-0.1, -0.05) is 0 Å². The highest BCUT2D eigenvalue weighted by Gasteiger charge is 1.96. The van der Waals surface area contributed by atoms with Crippen LogP contribution in [-0.4, -0.2) is 37.3 Å². The maximum absolute atomic E-state index is 11.1. The second-order valence-corrected chi connectivity index (χ2v) is 2.84. The molecular weight excluding hydrogens is 168 g/mol. The van der Waals surface area contributed by atoms with Crippen molar-refractivity contribution in [2.75, 3.05) is 20.6 Å². The number of nitrogens with zero attached hydrogens (tertiary/aromatic N) is 1. The van der Waals surface area contributed by atoms with Crippen molar-refractivity contribution in [3.8, 4) is 0 Å². The number of hydrogen-bond donors (Lipinski definition) is 3. The normalized spacial score (nSPS) is 10.0. The molecule has 0 radical (unpaired) electrons. The Bertz CT molecular complexity index is 210. The Morgan fingerprint density at radius 1 is 1.62 bits per heavy atom. The van der Waals surface area contributed by atoms with Gasteiger partial charge in [0.1, 0.15) is 0 Å². The number of carbonyl (C=O) groups is 1. The summed E-state index contributed by atoms with van der Waals surface area (Å²) in [5.41, 5.74) is 5.04. The topological polar surface area (TPSA) is 82.2 Å². The minimum absolute atomic E-state index is 0.0162. The highest BCUT2D eigenvalue weighted by Crippen LogP contribution is 1.85. The molecular formula is C8H16N4O. The molecule has 0 fully saturated rings. The van der Waals surface area contributed by atoms with Gasteiger partial charge in [-0.2, -0.15) is 0 Å². The molecule has 0 aromatic rings. The van der Waals surface area contributed by atoms with Crippen LogP contribution in [0.25, 0.3) is 0 Å². The van der Waals surface area contributed by atoms with Gasteiger partial charge in [0.05, 0.1) is 0 Å². The quantitative estimate of drug-likeness (QED) is 0.306. The van der Waals surface area contributed by atoms with Gasteiger partial charge in [0, 0.05) is 33.3 Å². The van der Waals surface area contributed by atoms with Crippen molar-refractivity contribution in [2.45, 2.75) is 6.42 Å². The molecule has 5 nitrogen and oxygen atoms in total. The fourth-order valence-electron chi connectivity index (χ4n) is 0.636. The summed E-state index contributed by atoms with van der Waals surface area (Å²) in [5.74, 6) is -0.0909. The predicted octanol–water partition coefficient (Wildman–Crippen LogP) is -0.496. The van der Waals surface area contributed by atoms with Gasteiger partial charge in [-0.15, -0.1) is 0 Å². The second-order valence-electron chi connectivity index (χ2n) is 2.84. The average Bonchev–Trinajstić information content (AvgIpc) is 2.00. The van der Waals surface area contributed by atoms with Crippen molar-refractivity contribution in [1.82, 2.24) is 10.2 Å². The molecule has 0 aliphatic rings. The Labute approximate surface area is 78.1 Å². The Hall–Kier alpha value is -1.52. The zero-order chi connectivity index (χ0) is 10.3. The molecule has 0 saturated heterocycles. The van der Waals surface area contributed by atoms with Crippen LogP contribution >= 0.6 is 0 Å². The third-order valence-electron chi connectivity index (χ3n) is 1.25. The van der Waals surface area contributed by atoms with Gasteiger partial charge in [-0.05, 0) is 6.08 Å². The molecule has 0 aromatic carbocycles. The number of nitrogens with one attached hydrogen (secondary N) is 2. The molecule has 5 heteroatoms. The van der Waals surface area contributed by atoms with Crippen molar-refractivity contribution < 1.29 is 4.79 Å². The zero-order valence-corrected chi connectivity index (χ0v) is 8.00. The van der Waals surface area contributed by atoms with E-state index in [1.165, 1.54) is 6.08 Å². The van der Waals surface area contributed by atoms with Crippen molar-refractivity contribution in [3.63, 3.8) is 0 Å². The second kappa shape index (κ2) is 6.05. The number of guanidine groups is 1. The van der Waals surface area contributed by atoms with Gasteiger partial charge >= 0.3 is 0 Å². The van der Waals surface area contributed by atoms with E-state index in [1.54, 1.807) is 11.1 Å². The van der Waals surface area contributed by atoms with Crippen LogP contribution in [0.2, 0.25) is 0 Å². The summed E-state index contributed by atoms with van der Waals surface area (Å²) in [6.45, 7) is 0.409. The van der Waals surface area contributed by atoms with Crippen LogP contribution in [0.4, 0.5) is 0 Å². The molecule has 74 valence electrons. The van der Waals surface area contributed by atoms with Crippen LogP contribution in [0.5, 0.6) is 0 Å². The minimum atomic E-state index is -0.107. The fraction of sp³-hybridized carbons (Fsp3) is 0.500.